The van der Waals surface area contributed by atoms with E-state index in [1.807, 2.05) is 38.4 Å². The normalized spacial score (nSPS) is 10.8. The van der Waals surface area contributed by atoms with Crippen LogP contribution in [0.3, 0.4) is 0 Å². The average Bonchev–Trinajstić information content (AvgIpc) is 2.91. The van der Waals surface area contributed by atoms with E-state index >= 15 is 0 Å². The Labute approximate surface area is 148 Å². The minimum Gasteiger partial charge on any atom is -0.494 e. The van der Waals surface area contributed by atoms with E-state index in [1.54, 1.807) is 20.9 Å². The Morgan fingerprint density at radius 3 is 2.44 bits per heavy atom. The standard InChI is InChI=1S/C18H26N4O3/c1-13-17(14(2)25-20-13)22(5)18(23)19-15-7-9-16(10-8-15)24-12-6-11-21(3)4/h7-10H,6,11-12H2,1-5H3,(H,19,23). The van der Waals surface area contributed by atoms with Crippen molar-refractivity contribution >= 4 is 17.4 Å². The summed E-state index contributed by atoms with van der Waals surface area (Å²) in [6, 6.07) is 7.08. The zero-order valence-electron chi connectivity index (χ0n) is 15.5. The molecule has 136 valence electrons. The first kappa shape index (κ1) is 18.8. The fourth-order valence-corrected chi connectivity index (χ4v) is 2.47. The van der Waals surface area contributed by atoms with E-state index in [2.05, 4.69) is 15.4 Å². The van der Waals surface area contributed by atoms with Gasteiger partial charge in [0, 0.05) is 19.3 Å². The maximum absolute atomic E-state index is 12.4. The second-order valence-corrected chi connectivity index (χ2v) is 6.19. The van der Waals surface area contributed by atoms with Gasteiger partial charge in [0.1, 0.15) is 17.1 Å². The Morgan fingerprint density at radius 2 is 1.88 bits per heavy atom. The summed E-state index contributed by atoms with van der Waals surface area (Å²) in [5.41, 5.74) is 2.05. The molecule has 0 unspecified atom stereocenters. The van der Waals surface area contributed by atoms with Gasteiger partial charge in [0.05, 0.1) is 6.61 Å². The topological polar surface area (TPSA) is 70.8 Å². The molecule has 2 rings (SSSR count). The van der Waals surface area contributed by atoms with E-state index in [1.165, 1.54) is 4.90 Å². The monoisotopic (exact) mass is 346 g/mol. The molecule has 0 aliphatic rings. The van der Waals surface area contributed by atoms with Gasteiger partial charge in [-0.2, -0.15) is 0 Å². The van der Waals surface area contributed by atoms with Crippen molar-refractivity contribution in [1.29, 1.82) is 0 Å². The summed E-state index contributed by atoms with van der Waals surface area (Å²) in [6.45, 7) is 5.24. The number of hydrogen-bond acceptors (Lipinski definition) is 5. The lowest BCUT2D eigenvalue weighted by atomic mass is 10.3. The minimum atomic E-state index is -0.256. The number of aryl methyl sites for hydroxylation is 2. The number of rotatable bonds is 7. The molecule has 1 aromatic heterocycles. The number of carbonyl (C=O) groups excluding carboxylic acids is 1. The number of urea groups is 1. The Bertz CT molecular complexity index is 675. The zero-order chi connectivity index (χ0) is 18.4. The minimum absolute atomic E-state index is 0.256. The molecule has 0 bridgehead atoms. The lowest BCUT2D eigenvalue weighted by Crippen LogP contribution is -2.31. The number of aromatic nitrogens is 1. The molecule has 0 saturated carbocycles. The van der Waals surface area contributed by atoms with Crippen LogP contribution in [0.25, 0.3) is 0 Å². The number of anilines is 2. The van der Waals surface area contributed by atoms with Crippen molar-refractivity contribution in [2.75, 3.05) is 44.5 Å². The highest BCUT2D eigenvalue weighted by Gasteiger charge is 2.19. The summed E-state index contributed by atoms with van der Waals surface area (Å²) in [4.78, 5) is 16.0. The van der Waals surface area contributed by atoms with Gasteiger partial charge in [-0.3, -0.25) is 4.90 Å². The lowest BCUT2D eigenvalue weighted by molar-refractivity contribution is 0.258. The largest absolute Gasteiger partial charge is 0.494 e. The predicted octanol–water partition coefficient (Wildman–Crippen LogP) is 3.29. The van der Waals surface area contributed by atoms with Gasteiger partial charge in [0.15, 0.2) is 5.76 Å². The van der Waals surface area contributed by atoms with E-state index in [9.17, 15) is 4.79 Å². The van der Waals surface area contributed by atoms with Crippen molar-refractivity contribution in [3.8, 4) is 5.75 Å². The van der Waals surface area contributed by atoms with Gasteiger partial charge >= 0.3 is 6.03 Å². The molecule has 1 heterocycles. The Balaban J connectivity index is 1.89. The number of nitrogens with zero attached hydrogens (tertiary/aromatic N) is 3. The summed E-state index contributed by atoms with van der Waals surface area (Å²) < 4.78 is 10.8. The quantitative estimate of drug-likeness (QED) is 0.779. The van der Waals surface area contributed by atoms with E-state index in [0.29, 0.717) is 29.4 Å². The summed E-state index contributed by atoms with van der Waals surface area (Å²) >= 11 is 0. The van der Waals surface area contributed by atoms with Crippen LogP contribution in [0.1, 0.15) is 17.9 Å². The number of carbonyl (C=O) groups is 1. The van der Waals surface area contributed by atoms with Crippen LogP contribution in [0.15, 0.2) is 28.8 Å². The highest BCUT2D eigenvalue weighted by Crippen LogP contribution is 2.24. The number of hydrogen-bond donors (Lipinski definition) is 1. The molecule has 1 aromatic carbocycles. The van der Waals surface area contributed by atoms with Crippen molar-refractivity contribution in [1.82, 2.24) is 10.1 Å². The van der Waals surface area contributed by atoms with Crippen molar-refractivity contribution < 1.29 is 14.1 Å². The summed E-state index contributed by atoms with van der Waals surface area (Å²) in [5, 5.41) is 6.72. The zero-order valence-corrected chi connectivity index (χ0v) is 15.5. The molecule has 0 radical (unpaired) electrons. The molecule has 7 nitrogen and oxygen atoms in total. The third-order valence-electron chi connectivity index (χ3n) is 3.76. The molecule has 0 aliphatic carbocycles. The second kappa shape index (κ2) is 8.53. The average molecular weight is 346 g/mol. The molecule has 1 N–H and O–H groups in total. The maximum Gasteiger partial charge on any atom is 0.326 e. The summed E-state index contributed by atoms with van der Waals surface area (Å²) in [7, 11) is 5.76. The first-order valence-corrected chi connectivity index (χ1v) is 8.23. The van der Waals surface area contributed by atoms with Crippen LogP contribution in [-0.4, -0.2) is 50.4 Å². The van der Waals surface area contributed by atoms with Crippen molar-refractivity contribution in [2.24, 2.45) is 0 Å². The second-order valence-electron chi connectivity index (χ2n) is 6.19. The molecule has 0 fully saturated rings. The fraction of sp³-hybridized carbons (Fsp3) is 0.444. The van der Waals surface area contributed by atoms with Crippen LogP contribution >= 0.6 is 0 Å². The molecule has 7 heteroatoms. The Hall–Kier alpha value is -2.54. The number of nitrogens with one attached hydrogen (secondary N) is 1. The van der Waals surface area contributed by atoms with Crippen molar-refractivity contribution in [3.05, 3.63) is 35.7 Å². The predicted molar refractivity (Wildman–Crippen MR) is 98.5 cm³/mol. The molecular weight excluding hydrogens is 320 g/mol. The van der Waals surface area contributed by atoms with E-state index in [0.717, 1.165) is 18.7 Å². The SMILES string of the molecule is Cc1noc(C)c1N(C)C(=O)Nc1ccc(OCCCN(C)C)cc1. The maximum atomic E-state index is 12.4. The molecule has 0 saturated heterocycles. The Morgan fingerprint density at radius 1 is 1.20 bits per heavy atom. The highest BCUT2D eigenvalue weighted by atomic mass is 16.5. The van der Waals surface area contributed by atoms with Crippen LogP contribution in [0.5, 0.6) is 5.75 Å². The van der Waals surface area contributed by atoms with Gasteiger partial charge in [-0.1, -0.05) is 5.16 Å². The van der Waals surface area contributed by atoms with Gasteiger partial charge in [0.25, 0.3) is 0 Å². The Kier molecular flexibility index (Phi) is 6.41. The van der Waals surface area contributed by atoms with Gasteiger partial charge in [-0.25, -0.2) is 4.79 Å². The first-order chi connectivity index (χ1) is 11.9. The molecule has 2 amide bonds. The van der Waals surface area contributed by atoms with Gasteiger partial charge in [-0.05, 0) is 58.6 Å². The summed E-state index contributed by atoms with van der Waals surface area (Å²) in [6.07, 6.45) is 0.966. The fourth-order valence-electron chi connectivity index (χ4n) is 2.47. The number of amides is 2. The third kappa shape index (κ3) is 5.22. The van der Waals surface area contributed by atoms with Gasteiger partial charge < -0.3 is 19.5 Å². The number of ether oxygens (including phenoxy) is 1. The molecule has 0 atom stereocenters. The number of benzene rings is 1. The molecular formula is C18H26N4O3. The first-order valence-electron chi connectivity index (χ1n) is 8.23. The van der Waals surface area contributed by atoms with Crippen LogP contribution < -0.4 is 15.0 Å². The van der Waals surface area contributed by atoms with Crippen molar-refractivity contribution in [3.63, 3.8) is 0 Å². The molecule has 0 aliphatic heterocycles. The van der Waals surface area contributed by atoms with E-state index < -0.39 is 0 Å². The van der Waals surface area contributed by atoms with Crippen LogP contribution in [-0.2, 0) is 0 Å². The molecule has 2 aromatic rings. The molecule has 25 heavy (non-hydrogen) atoms. The highest BCUT2D eigenvalue weighted by molar-refractivity contribution is 6.01. The third-order valence-corrected chi connectivity index (χ3v) is 3.76. The van der Waals surface area contributed by atoms with Gasteiger partial charge in [0.2, 0.25) is 0 Å². The summed E-state index contributed by atoms with van der Waals surface area (Å²) in [5.74, 6) is 1.40. The van der Waals surface area contributed by atoms with Crippen LogP contribution in [0.4, 0.5) is 16.2 Å². The van der Waals surface area contributed by atoms with E-state index in [-0.39, 0.29) is 6.03 Å². The van der Waals surface area contributed by atoms with Crippen LogP contribution in [0.2, 0.25) is 0 Å². The smallest absolute Gasteiger partial charge is 0.326 e. The van der Waals surface area contributed by atoms with Crippen molar-refractivity contribution in [2.45, 2.75) is 20.3 Å². The molecule has 0 spiro atoms. The van der Waals surface area contributed by atoms with E-state index in [4.69, 9.17) is 9.26 Å². The van der Waals surface area contributed by atoms with Crippen LogP contribution in [0, 0.1) is 13.8 Å². The van der Waals surface area contributed by atoms with Gasteiger partial charge in [-0.15, -0.1) is 0 Å². The lowest BCUT2D eigenvalue weighted by Gasteiger charge is -2.17.